The molecule has 20 heteroatoms. The van der Waals surface area contributed by atoms with Crippen LogP contribution in [0.15, 0.2) is 58.9 Å². The highest BCUT2D eigenvalue weighted by molar-refractivity contribution is 7.41. The third-order valence-electron chi connectivity index (χ3n) is 10.2. The van der Waals surface area contributed by atoms with Crippen LogP contribution in [0.25, 0.3) is 16.4 Å². The first kappa shape index (κ1) is 39.5. The van der Waals surface area contributed by atoms with Crippen molar-refractivity contribution in [3.63, 3.8) is 0 Å². The van der Waals surface area contributed by atoms with Crippen LogP contribution in [0.2, 0.25) is 18.1 Å². The van der Waals surface area contributed by atoms with E-state index in [1.807, 2.05) is 13.8 Å². The van der Waals surface area contributed by atoms with Crippen LogP contribution in [-0.4, -0.2) is 86.5 Å². The fraction of sp³-hybridized carbons (Fsp3) is 0.606. The lowest BCUT2D eigenvalue weighted by Crippen LogP contribution is -2.49. The van der Waals surface area contributed by atoms with Crippen LogP contribution in [-0.2, 0) is 36.6 Å². The Morgan fingerprint density at radius 1 is 0.925 bits per heavy atom. The van der Waals surface area contributed by atoms with Crippen molar-refractivity contribution < 1.29 is 36.6 Å². The zero-order valence-corrected chi connectivity index (χ0v) is 33.5. The van der Waals surface area contributed by atoms with Crippen molar-refractivity contribution in [1.82, 2.24) is 27.9 Å². The first-order chi connectivity index (χ1) is 25.3. The zero-order valence-electron chi connectivity index (χ0n) is 30.7. The number of hydrogen-bond acceptors (Lipinski definition) is 12. The molecule has 6 rings (SSSR count). The van der Waals surface area contributed by atoms with Crippen LogP contribution >= 0.6 is 17.3 Å². The van der Waals surface area contributed by atoms with Crippen molar-refractivity contribution in [3.05, 3.63) is 81.4 Å². The van der Waals surface area contributed by atoms with Gasteiger partial charge in [-0.1, -0.05) is 34.6 Å². The summed E-state index contributed by atoms with van der Waals surface area (Å²) in [6.07, 6.45) is 5.48. The van der Waals surface area contributed by atoms with Gasteiger partial charge in [0.25, 0.3) is 11.1 Å². The third kappa shape index (κ3) is 7.97. The van der Waals surface area contributed by atoms with E-state index in [4.69, 9.17) is 38.6 Å². The minimum atomic E-state index is -2.46. The van der Waals surface area contributed by atoms with Gasteiger partial charge in [0, 0.05) is 55.2 Å². The molecule has 2 saturated heterocycles. The van der Waals surface area contributed by atoms with Gasteiger partial charge in [0.2, 0.25) is 18.1 Å². The van der Waals surface area contributed by atoms with E-state index in [2.05, 4.69) is 48.7 Å². The Morgan fingerprint density at radius 3 is 2.06 bits per heavy atom. The van der Waals surface area contributed by atoms with Crippen molar-refractivity contribution in [1.29, 1.82) is 0 Å². The molecule has 4 aromatic heterocycles. The summed E-state index contributed by atoms with van der Waals surface area (Å²) in [6.45, 7) is 22.1. The highest BCUT2D eigenvalue weighted by Crippen LogP contribution is 2.50. The fourth-order valence-electron chi connectivity index (χ4n) is 6.28. The predicted octanol–water partition coefficient (Wildman–Crippen LogP) is 5.39. The molecule has 9 atom stereocenters. The molecule has 2 aliphatic heterocycles. The Morgan fingerprint density at radius 2 is 1.51 bits per heavy atom. The van der Waals surface area contributed by atoms with Gasteiger partial charge in [-0.05, 0) is 24.6 Å². The van der Waals surface area contributed by atoms with Crippen molar-refractivity contribution >= 4 is 37.2 Å². The maximum absolute atomic E-state index is 12.6. The number of ether oxygens (including phenoxy) is 2. The number of fused-ring (bicyclic) bond motifs is 2. The van der Waals surface area contributed by atoms with Gasteiger partial charge in [0.15, 0.2) is 20.8 Å². The van der Waals surface area contributed by atoms with E-state index >= 15 is 0 Å². The molecule has 0 aliphatic carbocycles. The van der Waals surface area contributed by atoms with Gasteiger partial charge < -0.3 is 32.3 Å². The minimum Gasteiger partial charge on any atom is -0.407 e. The monoisotopic (exact) mass is 789 g/mol. The van der Waals surface area contributed by atoms with Crippen molar-refractivity contribution in [2.75, 3.05) is 19.8 Å². The second-order valence-corrected chi connectivity index (χ2v) is 20.8. The normalized spacial score (nSPS) is 27.2. The van der Waals surface area contributed by atoms with E-state index in [9.17, 15) is 14.2 Å². The molecule has 4 aromatic rings. The topological polar surface area (TPSA) is 165 Å². The van der Waals surface area contributed by atoms with Crippen LogP contribution in [0.1, 0.15) is 53.5 Å². The molecule has 0 bridgehead atoms. The lowest BCUT2D eigenvalue weighted by Gasteiger charge is -2.41. The van der Waals surface area contributed by atoms with Gasteiger partial charge in [-0.25, -0.2) is 21.1 Å². The lowest BCUT2D eigenvalue weighted by molar-refractivity contribution is -0.0461. The largest absolute Gasteiger partial charge is 0.407 e. The molecule has 0 amide bonds. The van der Waals surface area contributed by atoms with Gasteiger partial charge in [-0.3, -0.25) is 32.0 Å². The Hall–Kier alpha value is -3.20. The van der Waals surface area contributed by atoms with E-state index in [-0.39, 0.29) is 41.8 Å². The van der Waals surface area contributed by atoms with Gasteiger partial charge in [0.05, 0.1) is 18.8 Å². The molecule has 0 aromatic carbocycles. The summed E-state index contributed by atoms with van der Waals surface area (Å²) in [5.74, 6) is 0.413. The van der Waals surface area contributed by atoms with Crippen LogP contribution in [0, 0.1) is 12.5 Å². The van der Waals surface area contributed by atoms with E-state index < -0.39 is 68.6 Å². The summed E-state index contributed by atoms with van der Waals surface area (Å²) in [4.78, 5) is 37.3. The standard InChI is InChI=1S/C33H45N7O10P2Si/c1-9-22-27(28(50-53(7,8)33(3,4)5)30(46-22)40-16-11-25(42)38-18-13-36-32(38)40)49-52(44-19-14-34-6)45-20-23-21(2)26(48-51-43)29(47-23)39-15-10-24(41)37-17-12-35-31(37)39/h10-13,15-18,21-23,26-30H,9,14,19-20H2,1-5,7-8H3/t21-,22-,23-,26-,27-,28-,29-,30-,52?/m1/s1. The molecule has 286 valence electrons. The first-order valence-corrected chi connectivity index (χ1v) is 22.1. The molecular formula is C33H45N7O10P2Si. The summed E-state index contributed by atoms with van der Waals surface area (Å²) in [5.41, 5.74) is -0.477. The molecule has 17 nitrogen and oxygen atoms in total. The van der Waals surface area contributed by atoms with Crippen molar-refractivity contribution in [3.8, 4) is 0 Å². The molecule has 0 N–H and O–H groups in total. The van der Waals surface area contributed by atoms with Crippen LogP contribution in [0.4, 0.5) is 0 Å². The third-order valence-corrected chi connectivity index (χ3v) is 16.2. The predicted molar refractivity (Wildman–Crippen MR) is 196 cm³/mol. The second-order valence-electron chi connectivity index (χ2n) is 14.5. The van der Waals surface area contributed by atoms with E-state index in [0.29, 0.717) is 18.0 Å². The first-order valence-electron chi connectivity index (χ1n) is 17.4. The van der Waals surface area contributed by atoms with Gasteiger partial charge in [-0.2, -0.15) is 0 Å². The quantitative estimate of drug-likeness (QED) is 0.0654. The summed E-state index contributed by atoms with van der Waals surface area (Å²) >= 11 is 0. The van der Waals surface area contributed by atoms with Crippen LogP contribution in [0.5, 0.6) is 0 Å². The molecule has 0 spiro atoms. The van der Waals surface area contributed by atoms with E-state index in [1.54, 1.807) is 40.1 Å². The van der Waals surface area contributed by atoms with Crippen molar-refractivity contribution in [2.24, 2.45) is 5.92 Å². The average molecular weight is 790 g/mol. The second kappa shape index (κ2) is 16.3. The summed E-state index contributed by atoms with van der Waals surface area (Å²) in [7, 11) is -5.09. The molecule has 0 radical (unpaired) electrons. The maximum Gasteiger partial charge on any atom is 0.333 e. The molecule has 1 unspecified atom stereocenters. The molecular weight excluding hydrogens is 744 g/mol. The lowest BCUT2D eigenvalue weighted by atomic mass is 10.0. The summed E-state index contributed by atoms with van der Waals surface area (Å²) < 4.78 is 63.1. The Kier molecular flexibility index (Phi) is 12.1. The van der Waals surface area contributed by atoms with Crippen molar-refractivity contribution in [2.45, 2.75) is 102 Å². The smallest absolute Gasteiger partial charge is 0.333 e. The highest BCUT2D eigenvalue weighted by Gasteiger charge is 2.53. The summed E-state index contributed by atoms with van der Waals surface area (Å²) in [5, 5.41) is -0.158. The number of imidazole rings is 2. The number of hydrogen-bond donors (Lipinski definition) is 0. The van der Waals surface area contributed by atoms with Gasteiger partial charge in [-0.15, -0.1) is 0 Å². The van der Waals surface area contributed by atoms with E-state index in [0.717, 1.165) is 0 Å². The van der Waals surface area contributed by atoms with E-state index in [1.165, 1.54) is 27.1 Å². The van der Waals surface area contributed by atoms with Crippen LogP contribution in [0.3, 0.4) is 0 Å². The molecule has 53 heavy (non-hydrogen) atoms. The zero-order chi connectivity index (χ0) is 38.1. The Labute approximate surface area is 310 Å². The Balaban J connectivity index is 1.28. The fourth-order valence-corrected chi connectivity index (χ4v) is 9.11. The summed E-state index contributed by atoms with van der Waals surface area (Å²) in [6, 6.07) is 2.86. The molecule has 2 fully saturated rings. The number of aromatic nitrogens is 6. The number of nitrogens with zero attached hydrogens (tertiary/aromatic N) is 7. The minimum absolute atomic E-state index is 0.00210. The highest BCUT2D eigenvalue weighted by atomic mass is 31.2. The maximum atomic E-state index is 12.6. The average Bonchev–Trinajstić information content (AvgIpc) is 3.92. The number of rotatable bonds is 15. The van der Waals surface area contributed by atoms with Gasteiger partial charge in [0.1, 0.15) is 24.9 Å². The molecule has 6 heterocycles. The Bertz CT molecular complexity index is 2060. The SMILES string of the molecule is [C-]#[N+]CCOP(OC[C@H]1O[C@@H](n2ccc(=O)n3ccnc23)[C@H](OP=O)[C@@H]1C)O[C@H]1[C@@H](O[Si](C)(C)C(C)(C)C)[C@H](n2ccc(=O)n3ccnc23)O[C@@H]1CC. The molecule has 2 aliphatic rings. The van der Waals surface area contributed by atoms with Crippen LogP contribution < -0.4 is 11.1 Å². The van der Waals surface area contributed by atoms with Gasteiger partial charge >= 0.3 is 17.3 Å². The molecule has 0 saturated carbocycles.